The van der Waals surface area contributed by atoms with E-state index in [0.29, 0.717) is 13.1 Å². The van der Waals surface area contributed by atoms with Crippen LogP contribution in [0.2, 0.25) is 0 Å². The van der Waals surface area contributed by atoms with Crippen LogP contribution in [0.3, 0.4) is 0 Å². The number of benzene rings is 2. The number of anilines is 1. The number of fused-ring (bicyclic) bond motifs is 1. The van der Waals surface area contributed by atoms with Gasteiger partial charge < -0.3 is 24.4 Å². The number of piperazine rings is 1. The van der Waals surface area contributed by atoms with E-state index in [0.717, 1.165) is 47.2 Å². The van der Waals surface area contributed by atoms with Gasteiger partial charge in [-0.1, -0.05) is 30.3 Å². The second-order valence-corrected chi connectivity index (χ2v) is 9.70. The molecular formula is C29H34N6O2. The third kappa shape index (κ3) is 4.26. The van der Waals surface area contributed by atoms with Crippen molar-refractivity contribution in [3.05, 3.63) is 83.6 Å². The molecule has 1 spiro atoms. The van der Waals surface area contributed by atoms with Gasteiger partial charge in [-0.3, -0.25) is 4.79 Å². The Morgan fingerprint density at radius 2 is 1.97 bits per heavy atom. The van der Waals surface area contributed by atoms with Gasteiger partial charge in [0.1, 0.15) is 23.8 Å². The molecule has 1 aromatic heterocycles. The van der Waals surface area contributed by atoms with E-state index in [2.05, 4.69) is 39.5 Å². The molecule has 2 aliphatic rings. The summed E-state index contributed by atoms with van der Waals surface area (Å²) >= 11 is 0. The number of amides is 1. The Hall–Kier alpha value is -4.07. The first-order valence-corrected chi connectivity index (χ1v) is 12.6. The predicted molar refractivity (Wildman–Crippen MR) is 146 cm³/mol. The molecule has 192 valence electrons. The highest BCUT2D eigenvalue weighted by molar-refractivity contribution is 6.09. The van der Waals surface area contributed by atoms with Crippen molar-refractivity contribution in [1.29, 1.82) is 0 Å². The first-order chi connectivity index (χ1) is 17.9. The van der Waals surface area contributed by atoms with Crippen LogP contribution < -0.4 is 10.1 Å². The second kappa shape index (κ2) is 9.76. The lowest BCUT2D eigenvalue weighted by molar-refractivity contribution is -0.140. The number of carbonyl (C=O) groups excluding carboxylic acids is 1. The zero-order chi connectivity index (χ0) is 26.2. The van der Waals surface area contributed by atoms with E-state index in [1.807, 2.05) is 63.0 Å². The summed E-state index contributed by atoms with van der Waals surface area (Å²) in [4.78, 5) is 26.9. The second-order valence-electron chi connectivity index (χ2n) is 9.70. The molecule has 8 nitrogen and oxygen atoms in total. The number of nitrogens with zero attached hydrogens (tertiary/aromatic N) is 5. The van der Waals surface area contributed by atoms with Crippen molar-refractivity contribution in [3.8, 4) is 11.4 Å². The van der Waals surface area contributed by atoms with Crippen LogP contribution in [0.4, 0.5) is 5.69 Å². The predicted octanol–water partition coefficient (Wildman–Crippen LogP) is 4.19. The molecule has 2 heterocycles. The summed E-state index contributed by atoms with van der Waals surface area (Å²) < 4.78 is 7.59. The molecule has 1 aliphatic carbocycles. The minimum Gasteiger partial charge on any atom is -0.494 e. The summed E-state index contributed by atoms with van der Waals surface area (Å²) in [5, 5.41) is 3.40. The highest BCUT2D eigenvalue weighted by Crippen LogP contribution is 2.39. The Morgan fingerprint density at radius 3 is 2.68 bits per heavy atom. The summed E-state index contributed by atoms with van der Waals surface area (Å²) in [6.45, 7) is 4.27. The van der Waals surface area contributed by atoms with Crippen LogP contribution in [0.25, 0.3) is 5.69 Å². The molecule has 1 aliphatic heterocycles. The Morgan fingerprint density at radius 1 is 1.19 bits per heavy atom. The molecule has 5 rings (SSSR count). The highest BCUT2D eigenvalue weighted by Gasteiger charge is 2.51. The molecule has 2 aromatic carbocycles. The van der Waals surface area contributed by atoms with Gasteiger partial charge in [0.05, 0.1) is 30.5 Å². The van der Waals surface area contributed by atoms with E-state index in [1.165, 1.54) is 11.1 Å². The van der Waals surface area contributed by atoms with Crippen LogP contribution >= 0.6 is 0 Å². The molecule has 1 saturated heterocycles. The lowest BCUT2D eigenvalue weighted by Gasteiger charge is -2.51. The zero-order valence-electron chi connectivity index (χ0n) is 22.2. The van der Waals surface area contributed by atoms with Gasteiger partial charge in [-0.25, -0.2) is 9.98 Å². The summed E-state index contributed by atoms with van der Waals surface area (Å²) in [6, 6.07) is 14.4. The fourth-order valence-corrected chi connectivity index (χ4v) is 5.55. The molecule has 1 atom stereocenters. The van der Waals surface area contributed by atoms with Crippen molar-refractivity contribution >= 4 is 17.4 Å². The average Bonchev–Trinajstić information content (AvgIpc) is 3.36. The number of hydrogen-bond acceptors (Lipinski definition) is 5. The molecule has 1 N–H and O–H groups in total. The number of allylic oxidation sites excluding steroid dienone is 1. The fourth-order valence-electron chi connectivity index (χ4n) is 5.55. The monoisotopic (exact) mass is 498 g/mol. The van der Waals surface area contributed by atoms with Gasteiger partial charge in [-0.15, -0.1) is 0 Å². The van der Waals surface area contributed by atoms with Crippen LogP contribution in [0.15, 0.2) is 71.8 Å². The number of ether oxygens (including phenoxy) is 1. The topological polar surface area (TPSA) is 75.0 Å². The third-order valence-electron chi connectivity index (χ3n) is 7.62. The number of aliphatic imine (C=N–C) groups is 1. The molecule has 3 aromatic rings. The van der Waals surface area contributed by atoms with Gasteiger partial charge in [-0.05, 0) is 49.9 Å². The van der Waals surface area contributed by atoms with Gasteiger partial charge in [0.25, 0.3) is 5.91 Å². The minimum atomic E-state index is -0.637. The van der Waals surface area contributed by atoms with E-state index >= 15 is 0 Å². The third-order valence-corrected chi connectivity index (χ3v) is 7.62. The molecule has 0 radical (unpaired) electrons. The molecule has 1 unspecified atom stereocenters. The molecule has 0 bridgehead atoms. The maximum Gasteiger partial charge on any atom is 0.253 e. The lowest BCUT2D eigenvalue weighted by Crippen LogP contribution is -2.67. The van der Waals surface area contributed by atoms with Crippen molar-refractivity contribution in [2.75, 3.05) is 33.2 Å². The van der Waals surface area contributed by atoms with E-state index < -0.39 is 5.54 Å². The van der Waals surface area contributed by atoms with Crippen molar-refractivity contribution in [1.82, 2.24) is 19.4 Å². The van der Waals surface area contributed by atoms with Crippen LogP contribution in [0, 0.1) is 6.92 Å². The van der Waals surface area contributed by atoms with Crippen LogP contribution in [0.5, 0.6) is 5.75 Å². The summed E-state index contributed by atoms with van der Waals surface area (Å²) in [5.41, 5.74) is 5.51. The van der Waals surface area contributed by atoms with Gasteiger partial charge >= 0.3 is 0 Å². The molecule has 0 saturated carbocycles. The summed E-state index contributed by atoms with van der Waals surface area (Å²) in [6.07, 6.45) is 8.02. The maximum atomic E-state index is 13.7. The molecule has 1 fully saturated rings. The number of imidazole rings is 1. The van der Waals surface area contributed by atoms with Crippen LogP contribution in [0.1, 0.15) is 30.2 Å². The number of methoxy groups -OCH3 is 1. The van der Waals surface area contributed by atoms with Gasteiger partial charge in [0.2, 0.25) is 0 Å². The smallest absolute Gasteiger partial charge is 0.253 e. The first kappa shape index (κ1) is 24.6. The largest absolute Gasteiger partial charge is 0.494 e. The molecule has 37 heavy (non-hydrogen) atoms. The average molecular weight is 499 g/mol. The first-order valence-electron chi connectivity index (χ1n) is 12.6. The van der Waals surface area contributed by atoms with E-state index in [-0.39, 0.29) is 5.91 Å². The number of aromatic nitrogens is 2. The Bertz CT molecular complexity index is 1390. The number of hydrogen-bond donors (Lipinski definition) is 1. The Kier molecular flexibility index (Phi) is 6.50. The SMILES string of the molecule is C/C=C1\C(=N/CNc2ccc(-n3cnc(C)c3)c(OC)c2)N(C)C2(CCc3ccccc3C2)C(=O)N1C. The van der Waals surface area contributed by atoms with Crippen molar-refractivity contribution in [2.45, 2.75) is 38.6 Å². The lowest BCUT2D eigenvalue weighted by atomic mass is 9.74. The molecule has 8 heteroatoms. The normalized spacial score (nSPS) is 21.6. The van der Waals surface area contributed by atoms with Crippen LogP contribution in [-0.4, -0.2) is 64.5 Å². The Labute approximate surface area is 218 Å². The minimum absolute atomic E-state index is 0.125. The number of carbonyl (C=O) groups is 1. The highest BCUT2D eigenvalue weighted by atomic mass is 16.5. The maximum absolute atomic E-state index is 13.7. The standard InChI is InChI=1S/C29H34N6O2/c1-6-24-27(31-18-30-23-11-12-25(26(15-23)37-5)35-17-20(2)32-19-35)34(4)29(28(36)33(24)3)14-13-21-9-7-8-10-22(21)16-29/h6-12,15,17,19,30H,13-14,16,18H2,1-5H3/b24-6+,31-27+. The number of rotatable bonds is 5. The molecule has 1 amide bonds. The zero-order valence-corrected chi connectivity index (χ0v) is 22.2. The van der Waals surface area contributed by atoms with Gasteiger partial charge in [0.15, 0.2) is 0 Å². The number of nitrogens with one attached hydrogen (secondary N) is 1. The number of likely N-dealkylation sites (N-methyl/N-ethyl adjacent to an activating group) is 2. The van der Waals surface area contributed by atoms with Crippen molar-refractivity contribution < 1.29 is 9.53 Å². The van der Waals surface area contributed by atoms with Crippen LogP contribution in [-0.2, 0) is 17.6 Å². The van der Waals surface area contributed by atoms with Crippen molar-refractivity contribution in [3.63, 3.8) is 0 Å². The van der Waals surface area contributed by atoms with E-state index in [1.54, 1.807) is 18.3 Å². The number of aryl methyl sites for hydroxylation is 2. The van der Waals surface area contributed by atoms with Crippen molar-refractivity contribution in [2.24, 2.45) is 4.99 Å². The summed E-state index contributed by atoms with van der Waals surface area (Å²) in [7, 11) is 5.53. The van der Waals surface area contributed by atoms with E-state index in [4.69, 9.17) is 9.73 Å². The van der Waals surface area contributed by atoms with E-state index in [9.17, 15) is 4.79 Å². The quantitative estimate of drug-likeness (QED) is 0.571. The molecular weight excluding hydrogens is 464 g/mol. The number of amidine groups is 1. The van der Waals surface area contributed by atoms with Gasteiger partial charge in [0, 0.05) is 38.5 Å². The van der Waals surface area contributed by atoms with Gasteiger partial charge in [-0.2, -0.15) is 0 Å². The fraction of sp³-hybridized carbons (Fsp3) is 0.345. The Balaban J connectivity index is 1.40. The summed E-state index contributed by atoms with van der Waals surface area (Å²) in [5.74, 6) is 1.68.